The highest BCUT2D eigenvalue weighted by atomic mass is 16.3. The van der Waals surface area contributed by atoms with E-state index in [1.165, 1.54) is 0 Å². The summed E-state index contributed by atoms with van der Waals surface area (Å²) in [5, 5.41) is 4.28. The molecule has 0 aliphatic carbocycles. The van der Waals surface area contributed by atoms with Gasteiger partial charge in [0, 0.05) is 38.2 Å². The molecule has 62 heavy (non-hydrogen) atoms. The summed E-state index contributed by atoms with van der Waals surface area (Å²) in [6.45, 7) is 0. The average Bonchev–Trinajstić information content (AvgIpc) is 3.93. The van der Waals surface area contributed by atoms with Crippen molar-refractivity contribution in [3.05, 3.63) is 212 Å². The third-order valence-electron chi connectivity index (χ3n) is 11.8. The van der Waals surface area contributed by atoms with E-state index in [9.17, 15) is 0 Å². The van der Waals surface area contributed by atoms with Gasteiger partial charge in [-0.2, -0.15) is 0 Å². The molecule has 5 heteroatoms. The molecule has 0 saturated heterocycles. The van der Waals surface area contributed by atoms with Crippen LogP contribution in [-0.2, 0) is 0 Å². The number of rotatable bonds is 7. The normalized spacial score (nSPS) is 11.5. The lowest BCUT2D eigenvalue weighted by atomic mass is 9.84. The smallest absolute Gasteiger partial charge is 0.167 e. The molecule has 9 aromatic carbocycles. The lowest BCUT2D eigenvalue weighted by Crippen LogP contribution is -2.00. The van der Waals surface area contributed by atoms with Crippen LogP contribution in [0, 0.1) is 0 Å². The molecule has 0 atom stereocenters. The summed E-state index contributed by atoms with van der Waals surface area (Å²) in [5.41, 5.74) is 14.7. The first-order valence-electron chi connectivity index (χ1n) is 20.8. The molecule has 0 aliphatic heterocycles. The van der Waals surface area contributed by atoms with E-state index in [0.717, 1.165) is 105 Å². The van der Waals surface area contributed by atoms with Crippen molar-refractivity contribution in [2.24, 2.45) is 0 Å². The van der Waals surface area contributed by atoms with E-state index in [1.807, 2.05) is 72.8 Å². The Morgan fingerprint density at radius 1 is 0.258 bits per heavy atom. The van der Waals surface area contributed by atoms with Gasteiger partial charge in [-0.05, 0) is 69.3 Å². The molecule has 0 fully saturated rings. The van der Waals surface area contributed by atoms with Crippen LogP contribution >= 0.6 is 0 Å². The fourth-order valence-electron chi connectivity index (χ4n) is 8.82. The van der Waals surface area contributed by atoms with E-state index < -0.39 is 0 Å². The maximum Gasteiger partial charge on any atom is 0.167 e. The summed E-state index contributed by atoms with van der Waals surface area (Å²) in [4.78, 5) is 15.3. The summed E-state index contributed by atoms with van der Waals surface area (Å²) in [6, 6.07) is 73.6. The fourth-order valence-corrected chi connectivity index (χ4v) is 8.82. The first-order valence-corrected chi connectivity index (χ1v) is 20.8. The number of aromatic nitrogens is 3. The van der Waals surface area contributed by atoms with Crippen molar-refractivity contribution in [1.29, 1.82) is 0 Å². The second kappa shape index (κ2) is 14.7. The van der Waals surface area contributed by atoms with Gasteiger partial charge in [-0.15, -0.1) is 0 Å². The van der Waals surface area contributed by atoms with Crippen LogP contribution in [0.2, 0.25) is 0 Å². The van der Waals surface area contributed by atoms with Crippen molar-refractivity contribution in [1.82, 2.24) is 15.0 Å². The van der Waals surface area contributed by atoms with Crippen molar-refractivity contribution in [3.8, 4) is 78.7 Å². The maximum absolute atomic E-state index is 6.68. The summed E-state index contributed by atoms with van der Waals surface area (Å²) >= 11 is 0. The number of hydrogen-bond donors (Lipinski definition) is 0. The molecule has 0 radical (unpaired) electrons. The van der Waals surface area contributed by atoms with Gasteiger partial charge in [-0.3, -0.25) is 0 Å². The summed E-state index contributed by atoms with van der Waals surface area (Å²) in [5.74, 6) is 1.72. The van der Waals surface area contributed by atoms with Gasteiger partial charge in [-0.25, -0.2) is 15.0 Å². The SMILES string of the molecule is c1ccc(-c2cc(-c3ccc(-c4nc(-c5ccccc5)nc(-c5cccc6c5oc5ccccc56)n4)cc3)c(-c3ccccc3)c(-c3cccc4c3oc3ccccc34)c2)cc1. The van der Waals surface area contributed by atoms with E-state index in [4.69, 9.17) is 23.8 Å². The van der Waals surface area contributed by atoms with Crippen molar-refractivity contribution in [2.75, 3.05) is 0 Å². The van der Waals surface area contributed by atoms with Gasteiger partial charge in [0.2, 0.25) is 0 Å². The van der Waals surface area contributed by atoms with Gasteiger partial charge in [0.25, 0.3) is 0 Å². The van der Waals surface area contributed by atoms with Crippen LogP contribution in [0.25, 0.3) is 123 Å². The van der Waals surface area contributed by atoms with Crippen LogP contribution in [0.1, 0.15) is 0 Å². The molecule has 290 valence electrons. The zero-order valence-electron chi connectivity index (χ0n) is 33.4. The minimum Gasteiger partial charge on any atom is -0.455 e. The highest BCUT2D eigenvalue weighted by Crippen LogP contribution is 2.46. The van der Waals surface area contributed by atoms with Crippen LogP contribution in [0.4, 0.5) is 0 Å². The molecule has 0 N–H and O–H groups in total. The molecule has 0 aliphatic rings. The zero-order chi connectivity index (χ0) is 41.0. The monoisotopic (exact) mass is 793 g/mol. The molecule has 12 rings (SSSR count). The summed E-state index contributed by atoms with van der Waals surface area (Å²) in [7, 11) is 0. The van der Waals surface area contributed by atoms with Gasteiger partial charge in [0.05, 0.1) is 5.56 Å². The molecule has 12 aromatic rings. The first kappa shape index (κ1) is 35.5. The van der Waals surface area contributed by atoms with Gasteiger partial charge in [0.1, 0.15) is 22.3 Å². The quantitative estimate of drug-likeness (QED) is 0.161. The predicted molar refractivity (Wildman–Crippen MR) is 252 cm³/mol. The molecule has 0 amide bonds. The Labute approximate surface area is 357 Å². The Kier molecular flexibility index (Phi) is 8.42. The lowest BCUT2D eigenvalue weighted by Gasteiger charge is -2.19. The molecule has 5 nitrogen and oxygen atoms in total. The Hall–Kier alpha value is -8.41. The van der Waals surface area contributed by atoms with Gasteiger partial charge in [0.15, 0.2) is 17.5 Å². The van der Waals surface area contributed by atoms with Crippen LogP contribution in [0.5, 0.6) is 0 Å². The van der Waals surface area contributed by atoms with Crippen LogP contribution in [0.3, 0.4) is 0 Å². The second-order valence-corrected chi connectivity index (χ2v) is 15.5. The Bertz CT molecular complexity index is 3610. The molecule has 0 spiro atoms. The van der Waals surface area contributed by atoms with Gasteiger partial charge < -0.3 is 8.83 Å². The second-order valence-electron chi connectivity index (χ2n) is 15.5. The molecular formula is C57H35N3O2. The maximum atomic E-state index is 6.68. The number of benzene rings is 9. The molecular weight excluding hydrogens is 759 g/mol. The van der Waals surface area contributed by atoms with E-state index in [1.54, 1.807) is 0 Å². The van der Waals surface area contributed by atoms with Crippen molar-refractivity contribution in [3.63, 3.8) is 0 Å². The zero-order valence-corrected chi connectivity index (χ0v) is 33.4. The highest BCUT2D eigenvalue weighted by molar-refractivity contribution is 6.12. The largest absolute Gasteiger partial charge is 0.455 e. The molecule has 0 unspecified atom stereocenters. The van der Waals surface area contributed by atoms with E-state index >= 15 is 0 Å². The first-order chi connectivity index (χ1) is 30.7. The number of fused-ring (bicyclic) bond motifs is 6. The fraction of sp³-hybridized carbons (Fsp3) is 0. The predicted octanol–water partition coefficient (Wildman–Crippen LogP) is 15.3. The van der Waals surface area contributed by atoms with Crippen LogP contribution in [-0.4, -0.2) is 15.0 Å². The van der Waals surface area contributed by atoms with E-state index in [-0.39, 0.29) is 0 Å². The van der Waals surface area contributed by atoms with Crippen LogP contribution in [0.15, 0.2) is 221 Å². The molecule has 3 heterocycles. The van der Waals surface area contributed by atoms with E-state index in [2.05, 4.69) is 140 Å². The minimum absolute atomic E-state index is 0.550. The Morgan fingerprint density at radius 2 is 0.694 bits per heavy atom. The third kappa shape index (κ3) is 6.06. The number of hydrogen-bond acceptors (Lipinski definition) is 5. The van der Waals surface area contributed by atoms with Crippen molar-refractivity contribution in [2.45, 2.75) is 0 Å². The highest BCUT2D eigenvalue weighted by Gasteiger charge is 2.22. The third-order valence-corrected chi connectivity index (χ3v) is 11.8. The number of para-hydroxylation sites is 4. The topological polar surface area (TPSA) is 65.0 Å². The summed E-state index contributed by atoms with van der Waals surface area (Å²) in [6.07, 6.45) is 0. The van der Waals surface area contributed by atoms with Gasteiger partial charge >= 0.3 is 0 Å². The molecule has 0 saturated carbocycles. The number of furan rings is 2. The van der Waals surface area contributed by atoms with Crippen molar-refractivity contribution < 1.29 is 8.83 Å². The molecule has 3 aromatic heterocycles. The summed E-state index contributed by atoms with van der Waals surface area (Å²) < 4.78 is 13.1. The van der Waals surface area contributed by atoms with Crippen molar-refractivity contribution >= 4 is 43.9 Å². The average molecular weight is 794 g/mol. The van der Waals surface area contributed by atoms with E-state index in [0.29, 0.717) is 17.5 Å². The van der Waals surface area contributed by atoms with Crippen LogP contribution < -0.4 is 0 Å². The lowest BCUT2D eigenvalue weighted by molar-refractivity contribution is 0.669. The number of nitrogens with zero attached hydrogens (tertiary/aromatic N) is 3. The molecule has 0 bridgehead atoms. The van der Waals surface area contributed by atoms with Gasteiger partial charge in [-0.1, -0.05) is 182 Å². The minimum atomic E-state index is 0.550. The Morgan fingerprint density at radius 3 is 1.31 bits per heavy atom. The standard InChI is InChI=1S/C57H35N3O2/c1-4-16-36(17-5-1)41-34-48(52(38-18-6-2-7-19-38)49(35-41)46-26-14-24-44-42-22-10-12-28-50(42)61-53(44)46)37-30-32-40(33-31-37)56-58-55(39-20-8-3-9-21-39)59-57(60-56)47-27-15-25-45-43-23-11-13-29-51(43)62-54(45)47/h1-35H. The Balaban J connectivity index is 1.06.